The Hall–Kier alpha value is -3.08. The van der Waals surface area contributed by atoms with Crippen LogP contribution >= 0.6 is 0 Å². The maximum atomic E-state index is 12.3. The van der Waals surface area contributed by atoms with Gasteiger partial charge in [0.2, 0.25) is 5.78 Å². The molecule has 22 heavy (non-hydrogen) atoms. The molecule has 0 amide bonds. The lowest BCUT2D eigenvalue weighted by Crippen LogP contribution is -2.01. The number of carbonyl (C=O) groups is 2. The molecule has 1 N–H and O–H groups in total. The number of rotatable bonds is 2. The quantitative estimate of drug-likeness (QED) is 0.524. The van der Waals surface area contributed by atoms with E-state index >= 15 is 0 Å². The van der Waals surface area contributed by atoms with Gasteiger partial charge in [-0.1, -0.05) is 12.1 Å². The molecule has 0 fully saturated rings. The lowest BCUT2D eigenvalue weighted by molar-refractivity contribution is -0.131. The van der Waals surface area contributed by atoms with Crippen LogP contribution < -0.4 is 9.47 Å². The molecule has 0 unspecified atom stereocenters. The number of hydrogen-bond donors (Lipinski definition) is 1. The van der Waals surface area contributed by atoms with Gasteiger partial charge in [-0.3, -0.25) is 9.59 Å². The highest BCUT2D eigenvalue weighted by atomic mass is 16.5. The summed E-state index contributed by atoms with van der Waals surface area (Å²) in [6, 6.07) is 11.0. The molecule has 2 aromatic rings. The Kier molecular flexibility index (Phi) is 3.39. The molecule has 3 rings (SSSR count). The molecule has 0 saturated carbocycles. The van der Waals surface area contributed by atoms with E-state index in [4.69, 9.17) is 9.47 Å². The third kappa shape index (κ3) is 2.69. The van der Waals surface area contributed by atoms with Crippen molar-refractivity contribution in [3.63, 3.8) is 0 Å². The molecule has 0 saturated heterocycles. The van der Waals surface area contributed by atoms with Crippen LogP contribution in [0.15, 0.2) is 48.2 Å². The number of Topliss-reactive ketones (excluding diaryl/α,β-unsaturated/α-hetero) is 1. The van der Waals surface area contributed by atoms with Crippen molar-refractivity contribution in [2.24, 2.45) is 0 Å². The fourth-order valence-electron chi connectivity index (χ4n) is 2.12. The molecule has 5 nitrogen and oxygen atoms in total. The molecule has 0 radical (unpaired) electrons. The van der Waals surface area contributed by atoms with Gasteiger partial charge in [0.05, 0.1) is 5.56 Å². The minimum Gasteiger partial charge on any atom is -0.508 e. The second-order valence-corrected chi connectivity index (χ2v) is 4.78. The first-order valence-electron chi connectivity index (χ1n) is 6.59. The van der Waals surface area contributed by atoms with Crippen LogP contribution in [0.3, 0.4) is 0 Å². The van der Waals surface area contributed by atoms with Crippen molar-refractivity contribution in [3.05, 3.63) is 59.4 Å². The molecule has 1 aliphatic heterocycles. The van der Waals surface area contributed by atoms with Gasteiger partial charge < -0.3 is 14.6 Å². The Bertz CT molecular complexity index is 787. The van der Waals surface area contributed by atoms with Gasteiger partial charge in [0.1, 0.15) is 17.2 Å². The number of phenolic OH excluding ortho intramolecular Hbond substituents is 1. The lowest BCUT2D eigenvalue weighted by Gasteiger charge is -2.02. The first-order chi connectivity index (χ1) is 10.5. The molecule has 1 heterocycles. The lowest BCUT2D eigenvalue weighted by atomic mass is 10.1. The van der Waals surface area contributed by atoms with Crippen LogP contribution in [0.4, 0.5) is 0 Å². The number of hydrogen-bond acceptors (Lipinski definition) is 5. The van der Waals surface area contributed by atoms with Crippen LogP contribution in [0.25, 0.3) is 6.08 Å². The van der Waals surface area contributed by atoms with E-state index in [1.54, 1.807) is 30.3 Å². The van der Waals surface area contributed by atoms with Gasteiger partial charge >= 0.3 is 5.97 Å². The summed E-state index contributed by atoms with van der Waals surface area (Å²) >= 11 is 0. The normalized spacial score (nSPS) is 14.6. The van der Waals surface area contributed by atoms with Crippen molar-refractivity contribution in [1.29, 1.82) is 0 Å². The summed E-state index contributed by atoms with van der Waals surface area (Å²) in [7, 11) is 0. The van der Waals surface area contributed by atoms with Crippen molar-refractivity contribution >= 4 is 17.8 Å². The van der Waals surface area contributed by atoms with Crippen LogP contribution in [0.1, 0.15) is 22.8 Å². The Morgan fingerprint density at radius 2 is 1.91 bits per heavy atom. The number of ketones is 1. The Morgan fingerprint density at radius 1 is 1.18 bits per heavy atom. The summed E-state index contributed by atoms with van der Waals surface area (Å²) in [6.45, 7) is 1.30. The average molecular weight is 296 g/mol. The molecule has 0 spiro atoms. The van der Waals surface area contributed by atoms with E-state index in [0.717, 1.165) is 5.56 Å². The van der Waals surface area contributed by atoms with E-state index in [9.17, 15) is 14.7 Å². The largest absolute Gasteiger partial charge is 0.508 e. The number of ether oxygens (including phenoxy) is 2. The van der Waals surface area contributed by atoms with Gasteiger partial charge in [-0.05, 0) is 35.9 Å². The summed E-state index contributed by atoms with van der Waals surface area (Å²) in [5.74, 6) is 0.330. The molecule has 110 valence electrons. The van der Waals surface area contributed by atoms with E-state index in [-0.39, 0.29) is 17.3 Å². The minimum atomic E-state index is -0.441. The van der Waals surface area contributed by atoms with Crippen LogP contribution in [-0.2, 0) is 4.79 Å². The number of carbonyl (C=O) groups excluding carboxylic acids is 2. The van der Waals surface area contributed by atoms with Gasteiger partial charge in [-0.2, -0.15) is 0 Å². The van der Waals surface area contributed by atoms with Gasteiger partial charge in [0.25, 0.3) is 0 Å². The number of fused-ring (bicyclic) bond motifs is 1. The second-order valence-electron chi connectivity index (χ2n) is 4.78. The number of aromatic hydroxyl groups is 1. The average Bonchev–Trinajstić information content (AvgIpc) is 2.77. The molecule has 0 bridgehead atoms. The molecule has 0 aromatic heterocycles. The van der Waals surface area contributed by atoms with Crippen molar-refractivity contribution in [3.8, 4) is 17.2 Å². The number of phenols is 1. The third-order valence-electron chi connectivity index (χ3n) is 3.09. The topological polar surface area (TPSA) is 72.8 Å². The highest BCUT2D eigenvalue weighted by Crippen LogP contribution is 2.35. The molecule has 2 aromatic carbocycles. The highest BCUT2D eigenvalue weighted by Gasteiger charge is 2.27. The monoisotopic (exact) mass is 296 g/mol. The summed E-state index contributed by atoms with van der Waals surface area (Å²) < 4.78 is 10.5. The Morgan fingerprint density at radius 3 is 2.59 bits per heavy atom. The van der Waals surface area contributed by atoms with Crippen molar-refractivity contribution < 1.29 is 24.2 Å². The third-order valence-corrected chi connectivity index (χ3v) is 3.09. The second kappa shape index (κ2) is 5.37. The zero-order chi connectivity index (χ0) is 15.7. The van der Waals surface area contributed by atoms with Gasteiger partial charge in [0.15, 0.2) is 5.76 Å². The van der Waals surface area contributed by atoms with Crippen molar-refractivity contribution in [2.75, 3.05) is 0 Å². The fraction of sp³-hybridized carbons (Fsp3) is 0.0588. The smallest absolute Gasteiger partial charge is 0.308 e. The fourth-order valence-corrected chi connectivity index (χ4v) is 2.12. The van der Waals surface area contributed by atoms with E-state index in [0.29, 0.717) is 17.1 Å². The highest BCUT2D eigenvalue weighted by molar-refractivity contribution is 6.14. The molecule has 5 heteroatoms. The number of benzene rings is 2. The number of esters is 1. The van der Waals surface area contributed by atoms with Crippen LogP contribution in [0.5, 0.6) is 17.2 Å². The van der Waals surface area contributed by atoms with Crippen LogP contribution in [0.2, 0.25) is 0 Å². The molecular weight excluding hydrogens is 284 g/mol. The Balaban J connectivity index is 1.90. The summed E-state index contributed by atoms with van der Waals surface area (Å²) in [5, 5.41) is 9.25. The summed E-state index contributed by atoms with van der Waals surface area (Å²) in [5.41, 5.74) is 1.15. The predicted octanol–water partition coefficient (Wildman–Crippen LogP) is 2.93. The SMILES string of the molecule is CC(=O)Oc1ccc2c(c1)O/C(=C\c1ccc(O)cc1)C2=O. The zero-order valence-electron chi connectivity index (χ0n) is 11.7. The number of allylic oxidation sites excluding steroid dienone is 1. The van der Waals surface area contributed by atoms with Gasteiger partial charge in [0, 0.05) is 13.0 Å². The van der Waals surface area contributed by atoms with Crippen LogP contribution in [0, 0.1) is 0 Å². The van der Waals surface area contributed by atoms with Gasteiger partial charge in [-0.15, -0.1) is 0 Å². The Labute approximate surface area is 126 Å². The molecule has 0 atom stereocenters. The van der Waals surface area contributed by atoms with Crippen LogP contribution in [-0.4, -0.2) is 16.9 Å². The standard InChI is InChI=1S/C17H12O5/c1-10(18)21-13-6-7-14-15(9-13)22-16(17(14)20)8-11-2-4-12(19)5-3-11/h2-9,19H,1H3/b16-8-. The first-order valence-corrected chi connectivity index (χ1v) is 6.59. The van der Waals surface area contributed by atoms with Crippen molar-refractivity contribution in [2.45, 2.75) is 6.92 Å². The minimum absolute atomic E-state index is 0.148. The van der Waals surface area contributed by atoms with E-state index < -0.39 is 5.97 Å². The van der Waals surface area contributed by atoms with E-state index in [1.807, 2.05) is 0 Å². The maximum absolute atomic E-state index is 12.3. The van der Waals surface area contributed by atoms with Gasteiger partial charge in [-0.25, -0.2) is 0 Å². The molecule has 0 aliphatic carbocycles. The summed E-state index contributed by atoms with van der Waals surface area (Å²) in [4.78, 5) is 23.2. The first kappa shape index (κ1) is 13.9. The van der Waals surface area contributed by atoms with E-state index in [2.05, 4.69) is 0 Å². The maximum Gasteiger partial charge on any atom is 0.308 e. The van der Waals surface area contributed by atoms with Crippen molar-refractivity contribution in [1.82, 2.24) is 0 Å². The summed E-state index contributed by atoms with van der Waals surface area (Å²) in [6.07, 6.45) is 1.59. The molecule has 1 aliphatic rings. The zero-order valence-corrected chi connectivity index (χ0v) is 11.7. The van der Waals surface area contributed by atoms with E-state index in [1.165, 1.54) is 25.1 Å². The molecular formula is C17H12O5. The predicted molar refractivity (Wildman–Crippen MR) is 78.8 cm³/mol.